The van der Waals surface area contributed by atoms with Crippen molar-refractivity contribution in [2.24, 2.45) is 0 Å². The molecule has 1 fully saturated rings. The molecule has 2 heterocycles. The van der Waals surface area contributed by atoms with Crippen molar-refractivity contribution in [2.75, 3.05) is 50.5 Å². The lowest BCUT2D eigenvalue weighted by Crippen LogP contribution is -2.49. The molecule has 0 unspecified atom stereocenters. The SMILES string of the molecule is COCCn1c(SCC(=O)N2CCN(c3cccc(Cl)c3)CC2)nc(C)c1C. The molecular formula is C20H27ClN4O2S. The number of nitrogens with zero attached hydrogens (tertiary/aromatic N) is 4. The van der Waals surface area contributed by atoms with Crippen LogP contribution in [0.5, 0.6) is 0 Å². The number of carbonyl (C=O) groups is 1. The van der Waals surface area contributed by atoms with Gasteiger partial charge in [0.15, 0.2) is 5.16 Å². The number of hydrogen-bond donors (Lipinski definition) is 0. The Labute approximate surface area is 175 Å². The molecule has 1 aromatic carbocycles. The molecule has 2 aromatic rings. The van der Waals surface area contributed by atoms with E-state index in [9.17, 15) is 4.79 Å². The van der Waals surface area contributed by atoms with Crippen molar-refractivity contribution >= 4 is 35.0 Å². The fraction of sp³-hybridized carbons (Fsp3) is 0.500. The summed E-state index contributed by atoms with van der Waals surface area (Å²) in [7, 11) is 1.69. The lowest BCUT2D eigenvalue weighted by molar-refractivity contribution is -0.128. The monoisotopic (exact) mass is 422 g/mol. The van der Waals surface area contributed by atoms with Crippen LogP contribution in [0.15, 0.2) is 29.4 Å². The van der Waals surface area contributed by atoms with Crippen molar-refractivity contribution in [1.82, 2.24) is 14.5 Å². The quantitative estimate of drug-likeness (QED) is 0.641. The maximum atomic E-state index is 12.7. The lowest BCUT2D eigenvalue weighted by Gasteiger charge is -2.36. The van der Waals surface area contributed by atoms with Crippen LogP contribution in [-0.4, -0.2) is 66.0 Å². The third kappa shape index (κ3) is 5.01. The normalized spacial score (nSPS) is 14.6. The van der Waals surface area contributed by atoms with Crippen LogP contribution >= 0.6 is 23.4 Å². The number of ether oxygens (including phenoxy) is 1. The Morgan fingerprint density at radius 2 is 2.00 bits per heavy atom. The molecule has 1 amide bonds. The Hall–Kier alpha value is -1.70. The second-order valence-corrected chi connectivity index (χ2v) is 8.22. The number of benzene rings is 1. The molecule has 8 heteroatoms. The molecule has 1 aromatic heterocycles. The van der Waals surface area contributed by atoms with Crippen LogP contribution in [-0.2, 0) is 16.1 Å². The van der Waals surface area contributed by atoms with Gasteiger partial charge in [0.1, 0.15) is 0 Å². The van der Waals surface area contributed by atoms with E-state index in [2.05, 4.69) is 27.4 Å². The van der Waals surface area contributed by atoms with E-state index in [-0.39, 0.29) is 5.91 Å². The van der Waals surface area contributed by atoms with E-state index in [4.69, 9.17) is 16.3 Å². The van der Waals surface area contributed by atoms with Crippen LogP contribution in [0.3, 0.4) is 0 Å². The van der Waals surface area contributed by atoms with Crippen molar-refractivity contribution in [3.05, 3.63) is 40.7 Å². The second kappa shape index (κ2) is 9.67. The van der Waals surface area contributed by atoms with Gasteiger partial charge in [0.2, 0.25) is 5.91 Å². The standard InChI is InChI=1S/C20H27ClN4O2S/c1-15-16(2)25(11-12-27-3)20(22-15)28-14-19(26)24-9-7-23(8-10-24)18-6-4-5-17(21)13-18/h4-6,13H,7-12,14H2,1-3H3. The number of amides is 1. The van der Waals surface area contributed by atoms with E-state index < -0.39 is 0 Å². The second-order valence-electron chi connectivity index (χ2n) is 6.85. The van der Waals surface area contributed by atoms with Gasteiger partial charge in [0.25, 0.3) is 0 Å². The zero-order valence-corrected chi connectivity index (χ0v) is 18.2. The van der Waals surface area contributed by atoms with Crippen molar-refractivity contribution < 1.29 is 9.53 Å². The highest BCUT2D eigenvalue weighted by atomic mass is 35.5. The fourth-order valence-corrected chi connectivity index (χ4v) is 4.49. The third-order valence-electron chi connectivity index (χ3n) is 5.07. The van der Waals surface area contributed by atoms with Gasteiger partial charge in [-0.15, -0.1) is 0 Å². The lowest BCUT2D eigenvalue weighted by atomic mass is 10.2. The highest BCUT2D eigenvalue weighted by Gasteiger charge is 2.22. The van der Waals surface area contributed by atoms with E-state index in [1.54, 1.807) is 7.11 Å². The predicted octanol–water partition coefficient (Wildman–Crippen LogP) is 3.24. The summed E-state index contributed by atoms with van der Waals surface area (Å²) in [5.74, 6) is 0.562. The molecule has 1 aliphatic heterocycles. The number of methoxy groups -OCH3 is 1. The van der Waals surface area contributed by atoms with Gasteiger partial charge in [-0.3, -0.25) is 4.79 Å². The highest BCUT2D eigenvalue weighted by molar-refractivity contribution is 7.99. The molecule has 0 bridgehead atoms. The first-order valence-electron chi connectivity index (χ1n) is 9.43. The molecule has 28 heavy (non-hydrogen) atoms. The molecule has 1 aliphatic rings. The minimum Gasteiger partial charge on any atom is -0.383 e. The molecule has 0 spiro atoms. The molecule has 0 atom stereocenters. The summed E-state index contributed by atoms with van der Waals surface area (Å²) in [6, 6.07) is 7.87. The first-order valence-corrected chi connectivity index (χ1v) is 10.8. The third-order valence-corrected chi connectivity index (χ3v) is 6.27. The van der Waals surface area contributed by atoms with Gasteiger partial charge < -0.3 is 19.1 Å². The average Bonchev–Trinajstić information content (AvgIpc) is 2.98. The number of halogens is 1. The average molecular weight is 423 g/mol. The van der Waals surface area contributed by atoms with E-state index >= 15 is 0 Å². The van der Waals surface area contributed by atoms with E-state index in [0.717, 1.165) is 60.0 Å². The molecule has 152 valence electrons. The maximum Gasteiger partial charge on any atom is 0.233 e. The van der Waals surface area contributed by atoms with E-state index in [1.165, 1.54) is 11.8 Å². The Balaban J connectivity index is 1.53. The number of aromatic nitrogens is 2. The summed E-state index contributed by atoms with van der Waals surface area (Å²) in [6.07, 6.45) is 0. The van der Waals surface area contributed by atoms with Crippen LogP contribution in [0.2, 0.25) is 5.02 Å². The number of rotatable bonds is 7. The molecule has 0 radical (unpaired) electrons. The van der Waals surface area contributed by atoms with Crippen molar-refractivity contribution in [2.45, 2.75) is 25.5 Å². The summed E-state index contributed by atoms with van der Waals surface area (Å²) >= 11 is 7.60. The molecule has 0 N–H and O–H groups in total. The van der Waals surface area contributed by atoms with Crippen LogP contribution in [0, 0.1) is 13.8 Å². The van der Waals surface area contributed by atoms with Crippen molar-refractivity contribution in [3.8, 4) is 0 Å². The number of anilines is 1. The molecular weight excluding hydrogens is 396 g/mol. The fourth-order valence-electron chi connectivity index (χ4n) is 3.28. The van der Waals surface area contributed by atoms with Crippen molar-refractivity contribution in [3.63, 3.8) is 0 Å². The number of carbonyl (C=O) groups excluding carboxylic acids is 1. The first kappa shape index (κ1) is 21.0. The van der Waals surface area contributed by atoms with E-state index in [1.807, 2.05) is 30.0 Å². The number of hydrogen-bond acceptors (Lipinski definition) is 5. The van der Waals surface area contributed by atoms with Crippen LogP contribution in [0.25, 0.3) is 0 Å². The minimum atomic E-state index is 0.160. The Morgan fingerprint density at radius 3 is 2.68 bits per heavy atom. The molecule has 6 nitrogen and oxygen atoms in total. The van der Waals surface area contributed by atoms with E-state index in [0.29, 0.717) is 12.4 Å². The summed E-state index contributed by atoms with van der Waals surface area (Å²) in [6.45, 7) is 8.51. The van der Waals surface area contributed by atoms with Crippen LogP contribution in [0.4, 0.5) is 5.69 Å². The van der Waals surface area contributed by atoms with Crippen molar-refractivity contribution in [1.29, 1.82) is 0 Å². The minimum absolute atomic E-state index is 0.160. The maximum absolute atomic E-state index is 12.7. The molecule has 0 saturated carbocycles. The van der Waals surface area contributed by atoms with Gasteiger partial charge >= 0.3 is 0 Å². The summed E-state index contributed by atoms with van der Waals surface area (Å²) in [4.78, 5) is 21.5. The predicted molar refractivity (Wildman–Crippen MR) is 115 cm³/mol. The smallest absolute Gasteiger partial charge is 0.233 e. The van der Waals surface area contributed by atoms with Crippen LogP contribution in [0.1, 0.15) is 11.4 Å². The number of thioether (sulfide) groups is 1. The Morgan fingerprint density at radius 1 is 1.25 bits per heavy atom. The van der Waals surface area contributed by atoms with Crippen LogP contribution < -0.4 is 4.90 Å². The largest absolute Gasteiger partial charge is 0.383 e. The molecule has 3 rings (SSSR count). The topological polar surface area (TPSA) is 50.6 Å². The van der Waals surface area contributed by atoms with Gasteiger partial charge in [-0.25, -0.2) is 4.98 Å². The molecule has 0 aliphatic carbocycles. The summed E-state index contributed by atoms with van der Waals surface area (Å²) in [5, 5.41) is 1.62. The Kier molecular flexibility index (Phi) is 7.26. The van der Waals surface area contributed by atoms with Gasteiger partial charge in [-0.2, -0.15) is 0 Å². The highest BCUT2D eigenvalue weighted by Crippen LogP contribution is 2.23. The van der Waals surface area contributed by atoms with Gasteiger partial charge in [-0.05, 0) is 32.0 Å². The number of imidazole rings is 1. The van der Waals surface area contributed by atoms with Gasteiger partial charge in [0, 0.05) is 56.2 Å². The van der Waals surface area contributed by atoms with Gasteiger partial charge in [0.05, 0.1) is 18.1 Å². The molecule has 1 saturated heterocycles. The van der Waals surface area contributed by atoms with Gasteiger partial charge in [-0.1, -0.05) is 29.4 Å². The zero-order chi connectivity index (χ0) is 20.1. The first-order chi connectivity index (χ1) is 13.5. The number of aryl methyl sites for hydroxylation is 1. The zero-order valence-electron chi connectivity index (χ0n) is 16.7. The summed E-state index contributed by atoms with van der Waals surface area (Å²) in [5.41, 5.74) is 3.24. The summed E-state index contributed by atoms with van der Waals surface area (Å²) < 4.78 is 7.33. The Bertz CT molecular complexity index is 819. The number of piperazine rings is 1.